The molecule has 0 aromatic heterocycles. The Labute approximate surface area is 138 Å². The zero-order valence-corrected chi connectivity index (χ0v) is 14.3. The van der Waals surface area contributed by atoms with Gasteiger partial charge in [0, 0.05) is 40.3 Å². The van der Waals surface area contributed by atoms with Crippen molar-refractivity contribution in [3.05, 3.63) is 0 Å². The molecule has 0 aliphatic carbocycles. The van der Waals surface area contributed by atoms with Gasteiger partial charge in [-0.2, -0.15) is 0 Å². The van der Waals surface area contributed by atoms with Crippen LogP contribution in [0.3, 0.4) is 0 Å². The van der Waals surface area contributed by atoms with Gasteiger partial charge in [0.1, 0.15) is 13.2 Å². The zero-order chi connectivity index (χ0) is 17.2. The van der Waals surface area contributed by atoms with Gasteiger partial charge in [-0.1, -0.05) is 0 Å². The molecule has 0 saturated carbocycles. The summed E-state index contributed by atoms with van der Waals surface area (Å²) in [5.74, 6) is -0.459. The van der Waals surface area contributed by atoms with Crippen LogP contribution in [0, 0.1) is 0 Å². The third-order valence-corrected chi connectivity index (χ3v) is 2.94. The SMILES string of the molecule is COCCCCC(=O)OCCOCCOC(=O)CCCCOC. The quantitative estimate of drug-likeness (QED) is 0.314. The number of methoxy groups -OCH3 is 2. The maximum absolute atomic E-state index is 11.3. The van der Waals surface area contributed by atoms with Gasteiger partial charge < -0.3 is 23.7 Å². The van der Waals surface area contributed by atoms with E-state index in [0.717, 1.165) is 25.7 Å². The van der Waals surface area contributed by atoms with Crippen molar-refractivity contribution in [1.29, 1.82) is 0 Å². The van der Waals surface area contributed by atoms with E-state index in [2.05, 4.69) is 0 Å². The third-order valence-electron chi connectivity index (χ3n) is 2.94. The molecule has 0 N–H and O–H groups in total. The van der Waals surface area contributed by atoms with Crippen LogP contribution in [0.4, 0.5) is 0 Å². The van der Waals surface area contributed by atoms with E-state index < -0.39 is 0 Å². The maximum Gasteiger partial charge on any atom is 0.305 e. The fraction of sp³-hybridized carbons (Fsp3) is 0.875. The number of ether oxygens (including phenoxy) is 5. The fourth-order valence-electron chi connectivity index (χ4n) is 1.71. The van der Waals surface area contributed by atoms with Crippen molar-refractivity contribution in [2.45, 2.75) is 38.5 Å². The molecule has 136 valence electrons. The second kappa shape index (κ2) is 17.2. The largest absolute Gasteiger partial charge is 0.463 e. The van der Waals surface area contributed by atoms with Crippen molar-refractivity contribution in [2.24, 2.45) is 0 Å². The molecule has 0 bridgehead atoms. The van der Waals surface area contributed by atoms with Gasteiger partial charge in [0.2, 0.25) is 0 Å². The molecule has 0 rings (SSSR count). The molecule has 0 aliphatic rings. The fourth-order valence-corrected chi connectivity index (χ4v) is 1.71. The summed E-state index contributed by atoms with van der Waals surface area (Å²) in [5, 5.41) is 0. The van der Waals surface area contributed by atoms with Gasteiger partial charge in [0.05, 0.1) is 13.2 Å². The van der Waals surface area contributed by atoms with Crippen LogP contribution in [-0.4, -0.2) is 65.8 Å². The second-order valence-electron chi connectivity index (χ2n) is 4.95. The van der Waals surface area contributed by atoms with Gasteiger partial charge in [-0.3, -0.25) is 9.59 Å². The van der Waals surface area contributed by atoms with Gasteiger partial charge in [0.25, 0.3) is 0 Å². The number of hydrogen-bond donors (Lipinski definition) is 0. The van der Waals surface area contributed by atoms with Gasteiger partial charge in [-0.05, 0) is 25.7 Å². The molecule has 0 amide bonds. The van der Waals surface area contributed by atoms with E-state index in [-0.39, 0.29) is 25.2 Å². The standard InChI is InChI=1S/C16H30O7/c1-19-9-5-3-7-15(17)22-13-11-21-12-14-23-16(18)8-4-6-10-20-2/h3-14H2,1-2H3. The molecule has 23 heavy (non-hydrogen) atoms. The Morgan fingerprint density at radius 3 is 1.43 bits per heavy atom. The first kappa shape index (κ1) is 21.8. The lowest BCUT2D eigenvalue weighted by Crippen LogP contribution is -2.14. The summed E-state index contributed by atoms with van der Waals surface area (Å²) in [6.45, 7) is 2.34. The Morgan fingerprint density at radius 1 is 0.609 bits per heavy atom. The maximum atomic E-state index is 11.3. The molecule has 0 fully saturated rings. The molecule has 0 atom stereocenters. The molecule has 0 aromatic rings. The van der Waals surface area contributed by atoms with Crippen LogP contribution < -0.4 is 0 Å². The number of hydrogen-bond acceptors (Lipinski definition) is 7. The van der Waals surface area contributed by atoms with Crippen LogP contribution in [0.1, 0.15) is 38.5 Å². The number of unbranched alkanes of at least 4 members (excludes halogenated alkanes) is 2. The summed E-state index contributed by atoms with van der Waals surface area (Å²) >= 11 is 0. The Morgan fingerprint density at radius 2 is 1.04 bits per heavy atom. The molecule has 0 saturated heterocycles. The highest BCUT2D eigenvalue weighted by Gasteiger charge is 2.04. The van der Waals surface area contributed by atoms with E-state index in [4.69, 9.17) is 23.7 Å². The molecule has 0 aliphatic heterocycles. The van der Waals surface area contributed by atoms with E-state index >= 15 is 0 Å². The van der Waals surface area contributed by atoms with Crippen molar-refractivity contribution in [3.8, 4) is 0 Å². The number of esters is 2. The van der Waals surface area contributed by atoms with Crippen LogP contribution in [-0.2, 0) is 33.3 Å². The second-order valence-corrected chi connectivity index (χ2v) is 4.95. The molecule has 7 heteroatoms. The van der Waals surface area contributed by atoms with E-state index in [0.29, 0.717) is 39.3 Å². The van der Waals surface area contributed by atoms with E-state index in [1.54, 1.807) is 14.2 Å². The minimum Gasteiger partial charge on any atom is -0.463 e. The van der Waals surface area contributed by atoms with Crippen LogP contribution in [0.5, 0.6) is 0 Å². The molecular weight excluding hydrogens is 304 g/mol. The predicted molar refractivity (Wildman–Crippen MR) is 84.2 cm³/mol. The van der Waals surface area contributed by atoms with E-state index in [1.807, 2.05) is 0 Å². The molecule has 7 nitrogen and oxygen atoms in total. The van der Waals surface area contributed by atoms with Gasteiger partial charge in [0.15, 0.2) is 0 Å². The van der Waals surface area contributed by atoms with Gasteiger partial charge >= 0.3 is 11.9 Å². The minimum atomic E-state index is -0.229. The van der Waals surface area contributed by atoms with Crippen LogP contribution in [0.15, 0.2) is 0 Å². The highest BCUT2D eigenvalue weighted by atomic mass is 16.6. The summed E-state index contributed by atoms with van der Waals surface area (Å²) in [6, 6.07) is 0. The van der Waals surface area contributed by atoms with Crippen molar-refractivity contribution in [1.82, 2.24) is 0 Å². The predicted octanol–water partition coefficient (Wildman–Crippen LogP) is 1.72. The topological polar surface area (TPSA) is 80.3 Å². The first-order chi connectivity index (χ1) is 11.2. The Hall–Kier alpha value is -1.18. The van der Waals surface area contributed by atoms with Gasteiger partial charge in [-0.25, -0.2) is 0 Å². The lowest BCUT2D eigenvalue weighted by molar-refractivity contribution is -0.146. The Bertz CT molecular complexity index is 266. The first-order valence-corrected chi connectivity index (χ1v) is 8.07. The zero-order valence-electron chi connectivity index (χ0n) is 14.3. The van der Waals surface area contributed by atoms with Crippen molar-refractivity contribution >= 4 is 11.9 Å². The van der Waals surface area contributed by atoms with Crippen LogP contribution >= 0.6 is 0 Å². The Kier molecular flexibility index (Phi) is 16.3. The van der Waals surface area contributed by atoms with Gasteiger partial charge in [-0.15, -0.1) is 0 Å². The molecule has 0 spiro atoms. The smallest absolute Gasteiger partial charge is 0.305 e. The van der Waals surface area contributed by atoms with Crippen molar-refractivity contribution in [2.75, 3.05) is 53.9 Å². The average molecular weight is 334 g/mol. The first-order valence-electron chi connectivity index (χ1n) is 8.07. The summed E-state index contributed by atoms with van der Waals surface area (Å²) in [7, 11) is 3.27. The van der Waals surface area contributed by atoms with E-state index in [9.17, 15) is 9.59 Å². The summed E-state index contributed by atoms with van der Waals surface area (Å²) < 4.78 is 25.0. The normalized spacial score (nSPS) is 10.5. The van der Waals surface area contributed by atoms with Crippen molar-refractivity contribution < 1.29 is 33.3 Å². The average Bonchev–Trinajstić information content (AvgIpc) is 2.54. The number of rotatable bonds is 16. The highest BCUT2D eigenvalue weighted by molar-refractivity contribution is 5.69. The summed E-state index contributed by atoms with van der Waals surface area (Å²) in [6.07, 6.45) is 3.99. The number of carbonyl (C=O) groups excluding carboxylic acids is 2. The molecule has 0 aromatic carbocycles. The van der Waals surface area contributed by atoms with Crippen LogP contribution in [0.2, 0.25) is 0 Å². The molecule has 0 unspecified atom stereocenters. The molecule has 0 radical (unpaired) electrons. The lowest BCUT2D eigenvalue weighted by atomic mass is 10.2. The monoisotopic (exact) mass is 334 g/mol. The summed E-state index contributed by atoms with van der Waals surface area (Å²) in [5.41, 5.74) is 0. The highest BCUT2D eigenvalue weighted by Crippen LogP contribution is 1.99. The third kappa shape index (κ3) is 17.0. The number of carbonyl (C=O) groups is 2. The van der Waals surface area contributed by atoms with Crippen LogP contribution in [0.25, 0.3) is 0 Å². The van der Waals surface area contributed by atoms with Crippen molar-refractivity contribution in [3.63, 3.8) is 0 Å². The summed E-state index contributed by atoms with van der Waals surface area (Å²) in [4.78, 5) is 22.7. The molecule has 0 heterocycles. The molecular formula is C16H30O7. The minimum absolute atomic E-state index is 0.216. The van der Waals surface area contributed by atoms with E-state index in [1.165, 1.54) is 0 Å². The lowest BCUT2D eigenvalue weighted by Gasteiger charge is -2.07. The Balaban J connectivity index is 3.26.